The highest BCUT2D eigenvalue weighted by Gasteiger charge is 2.28. The fourth-order valence-electron chi connectivity index (χ4n) is 3.45. The second-order valence-electron chi connectivity index (χ2n) is 6.28. The van der Waals surface area contributed by atoms with Crippen LogP contribution in [0.15, 0.2) is 54.9 Å². The zero-order valence-corrected chi connectivity index (χ0v) is 13.5. The largest absolute Gasteiger partial charge is 0.368 e. The first-order chi connectivity index (χ1) is 10.7. The SMILES string of the molecule is CC1CN(c2ccccc2)CC(C)N1CCc1ccncc1. The van der Waals surface area contributed by atoms with Gasteiger partial charge in [-0.1, -0.05) is 18.2 Å². The van der Waals surface area contributed by atoms with Crippen LogP contribution in [0.4, 0.5) is 5.69 Å². The van der Waals surface area contributed by atoms with Crippen molar-refractivity contribution in [2.45, 2.75) is 32.4 Å². The summed E-state index contributed by atoms with van der Waals surface area (Å²) in [5.74, 6) is 0. The molecule has 0 saturated carbocycles. The molecule has 0 amide bonds. The van der Waals surface area contributed by atoms with Gasteiger partial charge in [-0.3, -0.25) is 9.88 Å². The van der Waals surface area contributed by atoms with Crippen molar-refractivity contribution in [3.05, 3.63) is 60.4 Å². The van der Waals surface area contributed by atoms with Crippen molar-refractivity contribution in [1.82, 2.24) is 9.88 Å². The fraction of sp³-hybridized carbons (Fsp3) is 0.421. The Morgan fingerprint density at radius 2 is 1.59 bits per heavy atom. The Morgan fingerprint density at radius 3 is 2.23 bits per heavy atom. The number of aromatic nitrogens is 1. The maximum atomic E-state index is 4.09. The number of hydrogen-bond acceptors (Lipinski definition) is 3. The number of piperazine rings is 1. The van der Waals surface area contributed by atoms with Gasteiger partial charge in [-0.2, -0.15) is 0 Å². The van der Waals surface area contributed by atoms with Gasteiger partial charge in [-0.05, 0) is 50.1 Å². The molecule has 3 rings (SSSR count). The van der Waals surface area contributed by atoms with Gasteiger partial charge in [0.05, 0.1) is 0 Å². The first kappa shape index (κ1) is 15.0. The van der Waals surface area contributed by atoms with Crippen molar-refractivity contribution < 1.29 is 0 Å². The highest BCUT2D eigenvalue weighted by Crippen LogP contribution is 2.22. The van der Waals surface area contributed by atoms with Crippen LogP contribution in [0, 0.1) is 0 Å². The van der Waals surface area contributed by atoms with E-state index >= 15 is 0 Å². The van der Waals surface area contributed by atoms with Gasteiger partial charge in [0, 0.05) is 49.8 Å². The summed E-state index contributed by atoms with van der Waals surface area (Å²) in [6, 6.07) is 16.2. The van der Waals surface area contributed by atoms with E-state index in [4.69, 9.17) is 0 Å². The van der Waals surface area contributed by atoms with Crippen LogP contribution in [-0.2, 0) is 6.42 Å². The van der Waals surface area contributed by atoms with Crippen LogP contribution in [0.2, 0.25) is 0 Å². The third kappa shape index (κ3) is 3.47. The summed E-state index contributed by atoms with van der Waals surface area (Å²) in [5.41, 5.74) is 2.72. The molecule has 116 valence electrons. The molecule has 22 heavy (non-hydrogen) atoms. The molecule has 0 bridgehead atoms. The lowest BCUT2D eigenvalue weighted by molar-refractivity contribution is 0.133. The van der Waals surface area contributed by atoms with Gasteiger partial charge < -0.3 is 4.90 Å². The summed E-state index contributed by atoms with van der Waals surface area (Å²) in [6.07, 6.45) is 4.87. The van der Waals surface area contributed by atoms with E-state index < -0.39 is 0 Å². The molecular weight excluding hydrogens is 270 g/mol. The summed E-state index contributed by atoms with van der Waals surface area (Å²) >= 11 is 0. The smallest absolute Gasteiger partial charge is 0.0367 e. The van der Waals surface area contributed by atoms with Gasteiger partial charge in [-0.15, -0.1) is 0 Å². The number of benzene rings is 1. The van der Waals surface area contributed by atoms with Crippen molar-refractivity contribution in [3.63, 3.8) is 0 Å². The zero-order chi connectivity index (χ0) is 15.4. The van der Waals surface area contributed by atoms with Crippen LogP contribution in [0.5, 0.6) is 0 Å². The van der Waals surface area contributed by atoms with Gasteiger partial charge in [0.25, 0.3) is 0 Å². The maximum Gasteiger partial charge on any atom is 0.0367 e. The van der Waals surface area contributed by atoms with Crippen LogP contribution < -0.4 is 4.90 Å². The minimum absolute atomic E-state index is 0.575. The normalized spacial score (nSPS) is 22.7. The number of hydrogen-bond donors (Lipinski definition) is 0. The van der Waals surface area contributed by atoms with E-state index in [1.165, 1.54) is 11.3 Å². The van der Waals surface area contributed by atoms with E-state index in [1.807, 2.05) is 12.4 Å². The molecule has 0 N–H and O–H groups in total. The summed E-state index contributed by atoms with van der Waals surface area (Å²) in [4.78, 5) is 9.24. The summed E-state index contributed by atoms with van der Waals surface area (Å²) < 4.78 is 0. The number of rotatable bonds is 4. The predicted molar refractivity (Wildman–Crippen MR) is 92.2 cm³/mol. The molecule has 0 radical (unpaired) electrons. The quantitative estimate of drug-likeness (QED) is 0.863. The van der Waals surface area contributed by atoms with Crippen LogP contribution in [0.3, 0.4) is 0 Å². The number of anilines is 1. The number of pyridine rings is 1. The van der Waals surface area contributed by atoms with Gasteiger partial charge in [-0.25, -0.2) is 0 Å². The Balaban J connectivity index is 1.61. The van der Waals surface area contributed by atoms with Crippen molar-refractivity contribution >= 4 is 5.69 Å². The van der Waals surface area contributed by atoms with Crippen molar-refractivity contribution in [2.24, 2.45) is 0 Å². The maximum absolute atomic E-state index is 4.09. The Kier molecular flexibility index (Phi) is 4.74. The van der Waals surface area contributed by atoms with Crippen LogP contribution in [0.25, 0.3) is 0 Å². The van der Waals surface area contributed by atoms with Gasteiger partial charge in [0.1, 0.15) is 0 Å². The predicted octanol–water partition coefficient (Wildman–Crippen LogP) is 3.22. The van der Waals surface area contributed by atoms with E-state index in [2.05, 4.69) is 71.1 Å². The van der Waals surface area contributed by atoms with E-state index in [-0.39, 0.29) is 0 Å². The third-order valence-electron chi connectivity index (χ3n) is 4.63. The summed E-state index contributed by atoms with van der Waals surface area (Å²) in [7, 11) is 0. The third-order valence-corrected chi connectivity index (χ3v) is 4.63. The molecule has 1 aliphatic rings. The molecule has 1 aliphatic heterocycles. The summed E-state index contributed by atoms with van der Waals surface area (Å²) in [5, 5.41) is 0. The van der Waals surface area contributed by atoms with E-state index in [9.17, 15) is 0 Å². The standard InChI is InChI=1S/C19H25N3/c1-16-14-21(19-6-4-3-5-7-19)15-17(2)22(16)13-10-18-8-11-20-12-9-18/h3-9,11-12,16-17H,10,13-15H2,1-2H3. The minimum atomic E-state index is 0.575. The zero-order valence-electron chi connectivity index (χ0n) is 13.5. The van der Waals surface area contributed by atoms with Crippen molar-refractivity contribution in [1.29, 1.82) is 0 Å². The molecule has 2 heterocycles. The molecule has 1 aromatic heterocycles. The molecule has 1 fully saturated rings. The second kappa shape index (κ2) is 6.93. The van der Waals surface area contributed by atoms with E-state index in [0.29, 0.717) is 12.1 Å². The lowest BCUT2D eigenvalue weighted by Gasteiger charge is -2.45. The molecule has 0 spiro atoms. The van der Waals surface area contributed by atoms with Gasteiger partial charge in [0.2, 0.25) is 0 Å². The number of para-hydroxylation sites is 1. The minimum Gasteiger partial charge on any atom is -0.368 e. The average molecular weight is 295 g/mol. The van der Waals surface area contributed by atoms with E-state index in [1.54, 1.807) is 0 Å². The van der Waals surface area contributed by atoms with Crippen LogP contribution in [-0.4, -0.2) is 41.6 Å². The molecule has 2 unspecified atom stereocenters. The lowest BCUT2D eigenvalue weighted by atomic mass is 10.1. The van der Waals surface area contributed by atoms with Crippen molar-refractivity contribution in [2.75, 3.05) is 24.5 Å². The molecule has 1 saturated heterocycles. The molecule has 3 nitrogen and oxygen atoms in total. The molecule has 0 aliphatic carbocycles. The Bertz CT molecular complexity index is 558. The Labute approximate surface area is 133 Å². The van der Waals surface area contributed by atoms with E-state index in [0.717, 1.165) is 26.1 Å². The first-order valence-electron chi connectivity index (χ1n) is 8.18. The van der Waals surface area contributed by atoms with Gasteiger partial charge >= 0.3 is 0 Å². The highest BCUT2D eigenvalue weighted by molar-refractivity contribution is 5.46. The lowest BCUT2D eigenvalue weighted by Crippen LogP contribution is -2.57. The van der Waals surface area contributed by atoms with Crippen LogP contribution in [0.1, 0.15) is 19.4 Å². The average Bonchev–Trinajstić information content (AvgIpc) is 2.56. The molecule has 2 aromatic rings. The number of nitrogens with zero attached hydrogens (tertiary/aromatic N) is 3. The molecule has 2 atom stereocenters. The monoisotopic (exact) mass is 295 g/mol. The molecule has 3 heteroatoms. The Morgan fingerprint density at radius 1 is 0.955 bits per heavy atom. The second-order valence-corrected chi connectivity index (χ2v) is 6.28. The first-order valence-corrected chi connectivity index (χ1v) is 8.18. The van der Waals surface area contributed by atoms with Crippen LogP contribution >= 0.6 is 0 Å². The highest BCUT2D eigenvalue weighted by atomic mass is 15.3. The van der Waals surface area contributed by atoms with Gasteiger partial charge in [0.15, 0.2) is 0 Å². The fourth-order valence-corrected chi connectivity index (χ4v) is 3.45. The topological polar surface area (TPSA) is 19.4 Å². The molecular formula is C19H25N3. The summed E-state index contributed by atoms with van der Waals surface area (Å²) in [6.45, 7) is 8.01. The molecule has 1 aromatic carbocycles. The van der Waals surface area contributed by atoms with Crippen molar-refractivity contribution in [3.8, 4) is 0 Å². The Hall–Kier alpha value is -1.87.